The summed E-state index contributed by atoms with van der Waals surface area (Å²) in [5, 5.41) is 13.2. The van der Waals surface area contributed by atoms with Crippen LogP contribution in [-0.2, 0) is 10.3 Å². The molecule has 2 aliphatic rings. The fourth-order valence-electron chi connectivity index (χ4n) is 3.23. The Morgan fingerprint density at radius 2 is 2.05 bits per heavy atom. The van der Waals surface area contributed by atoms with Gasteiger partial charge in [0.1, 0.15) is 5.76 Å². The van der Waals surface area contributed by atoms with E-state index in [1.807, 2.05) is 0 Å². The van der Waals surface area contributed by atoms with Gasteiger partial charge in [-0.15, -0.1) is 0 Å². The van der Waals surface area contributed by atoms with Crippen molar-refractivity contribution in [3.8, 4) is 0 Å². The zero-order valence-corrected chi connectivity index (χ0v) is 12.1. The molecule has 1 aromatic heterocycles. The van der Waals surface area contributed by atoms with Gasteiger partial charge in [0.15, 0.2) is 5.54 Å². The minimum atomic E-state index is -1.19. The average molecular weight is 292 g/mol. The third-order valence-electron chi connectivity index (χ3n) is 4.53. The predicted molar refractivity (Wildman–Crippen MR) is 74.3 cm³/mol. The van der Waals surface area contributed by atoms with E-state index in [0.29, 0.717) is 18.6 Å². The number of carbonyl (C=O) groups is 2. The van der Waals surface area contributed by atoms with Gasteiger partial charge in [-0.3, -0.25) is 9.69 Å². The summed E-state index contributed by atoms with van der Waals surface area (Å²) in [6.07, 6.45) is 5.66. The van der Waals surface area contributed by atoms with Crippen LogP contribution < -0.4 is 5.32 Å². The minimum Gasteiger partial charge on any atom is -0.466 e. The molecule has 6 nitrogen and oxygen atoms in total. The Labute approximate surface area is 123 Å². The molecule has 3 rings (SSSR count). The number of rotatable bonds is 3. The van der Waals surface area contributed by atoms with Crippen molar-refractivity contribution in [2.24, 2.45) is 0 Å². The maximum atomic E-state index is 12.6. The van der Waals surface area contributed by atoms with E-state index >= 15 is 0 Å². The van der Waals surface area contributed by atoms with Crippen LogP contribution >= 0.6 is 0 Å². The van der Waals surface area contributed by atoms with E-state index in [4.69, 9.17) is 4.42 Å². The van der Waals surface area contributed by atoms with E-state index in [2.05, 4.69) is 5.32 Å². The van der Waals surface area contributed by atoms with Gasteiger partial charge in [0.2, 0.25) is 0 Å². The van der Waals surface area contributed by atoms with E-state index in [1.165, 1.54) is 6.26 Å². The van der Waals surface area contributed by atoms with Crippen molar-refractivity contribution in [2.45, 2.75) is 50.2 Å². The van der Waals surface area contributed by atoms with Gasteiger partial charge in [0.05, 0.1) is 18.4 Å². The highest BCUT2D eigenvalue weighted by atomic mass is 16.3. The molecule has 2 fully saturated rings. The molecule has 1 saturated heterocycles. The van der Waals surface area contributed by atoms with E-state index in [1.54, 1.807) is 19.1 Å². The Bertz CT molecular complexity index is 548. The molecule has 6 heteroatoms. The van der Waals surface area contributed by atoms with Crippen molar-refractivity contribution < 1.29 is 19.1 Å². The molecule has 1 saturated carbocycles. The molecule has 1 aromatic rings. The summed E-state index contributed by atoms with van der Waals surface area (Å²) in [4.78, 5) is 25.9. The zero-order valence-electron chi connectivity index (χ0n) is 12.1. The van der Waals surface area contributed by atoms with Crippen molar-refractivity contribution in [3.05, 3.63) is 24.2 Å². The Hall–Kier alpha value is -1.82. The normalized spacial score (nSPS) is 28.8. The first-order valence-electron chi connectivity index (χ1n) is 7.35. The molecule has 0 spiro atoms. The average Bonchev–Trinajstić information content (AvgIpc) is 3.05. The summed E-state index contributed by atoms with van der Waals surface area (Å²) in [6.45, 7) is 1.67. The second kappa shape index (κ2) is 4.87. The van der Waals surface area contributed by atoms with Gasteiger partial charge in [-0.05, 0) is 31.9 Å². The minimum absolute atomic E-state index is 0.0496. The van der Waals surface area contributed by atoms with Crippen molar-refractivity contribution in [1.82, 2.24) is 10.2 Å². The van der Waals surface area contributed by atoms with Crippen molar-refractivity contribution in [3.63, 3.8) is 0 Å². The van der Waals surface area contributed by atoms with Gasteiger partial charge in [-0.1, -0.05) is 19.3 Å². The number of urea groups is 1. The largest absolute Gasteiger partial charge is 0.466 e. The first-order valence-corrected chi connectivity index (χ1v) is 7.35. The second-order valence-corrected chi connectivity index (χ2v) is 6.21. The number of nitrogens with one attached hydrogen (secondary N) is 1. The standard InChI is InChI=1S/C15H20N2O4/c1-14(11-6-5-9-21-11)12(18)17(13(19)16-14)10-15(20)7-3-2-4-8-15/h5-6,9,20H,2-4,7-8,10H2,1H3,(H,16,19). The van der Waals surface area contributed by atoms with E-state index in [9.17, 15) is 14.7 Å². The van der Waals surface area contributed by atoms with Gasteiger partial charge in [0, 0.05) is 0 Å². The van der Waals surface area contributed by atoms with Crippen molar-refractivity contribution in [2.75, 3.05) is 6.54 Å². The number of furan rings is 1. The van der Waals surface area contributed by atoms with E-state index < -0.39 is 17.2 Å². The first-order chi connectivity index (χ1) is 9.95. The number of hydrogen-bond donors (Lipinski definition) is 2. The number of amides is 3. The van der Waals surface area contributed by atoms with Gasteiger partial charge >= 0.3 is 6.03 Å². The second-order valence-electron chi connectivity index (χ2n) is 6.21. The van der Waals surface area contributed by atoms with Gasteiger partial charge in [0.25, 0.3) is 5.91 Å². The number of carbonyl (C=O) groups excluding carboxylic acids is 2. The predicted octanol–water partition coefficient (Wildman–Crippen LogP) is 1.74. The fourth-order valence-corrected chi connectivity index (χ4v) is 3.23. The van der Waals surface area contributed by atoms with E-state index in [-0.39, 0.29) is 12.5 Å². The first kappa shape index (κ1) is 14.1. The molecule has 1 unspecified atom stereocenters. The fraction of sp³-hybridized carbons (Fsp3) is 0.600. The van der Waals surface area contributed by atoms with Crippen LogP contribution in [0.4, 0.5) is 4.79 Å². The molecule has 0 aromatic carbocycles. The molecule has 114 valence electrons. The molecular formula is C15H20N2O4. The third kappa shape index (κ3) is 2.33. The highest BCUT2D eigenvalue weighted by Gasteiger charge is 2.52. The Kier molecular flexibility index (Phi) is 3.28. The van der Waals surface area contributed by atoms with Crippen LogP contribution in [0.25, 0.3) is 0 Å². The third-order valence-corrected chi connectivity index (χ3v) is 4.53. The zero-order chi connectivity index (χ0) is 15.1. The van der Waals surface area contributed by atoms with Crippen LogP contribution in [0.3, 0.4) is 0 Å². The van der Waals surface area contributed by atoms with Gasteiger partial charge in [-0.25, -0.2) is 4.79 Å². The quantitative estimate of drug-likeness (QED) is 0.831. The molecule has 3 amide bonds. The molecule has 1 atom stereocenters. The maximum Gasteiger partial charge on any atom is 0.325 e. The van der Waals surface area contributed by atoms with Crippen LogP contribution in [-0.4, -0.2) is 34.1 Å². The lowest BCUT2D eigenvalue weighted by Crippen LogP contribution is -2.47. The molecule has 1 aliphatic heterocycles. The molecule has 1 aliphatic carbocycles. The van der Waals surface area contributed by atoms with Crippen LogP contribution in [0.2, 0.25) is 0 Å². The van der Waals surface area contributed by atoms with Crippen LogP contribution in [0.15, 0.2) is 22.8 Å². The molecule has 0 bridgehead atoms. The molecule has 21 heavy (non-hydrogen) atoms. The number of aliphatic hydroxyl groups is 1. The van der Waals surface area contributed by atoms with Crippen LogP contribution in [0, 0.1) is 0 Å². The van der Waals surface area contributed by atoms with E-state index in [0.717, 1.165) is 24.2 Å². The SMILES string of the molecule is CC1(c2ccco2)NC(=O)N(CC2(O)CCCCC2)C1=O. The van der Waals surface area contributed by atoms with Gasteiger partial charge < -0.3 is 14.8 Å². The number of imide groups is 1. The molecule has 0 radical (unpaired) electrons. The van der Waals surface area contributed by atoms with Crippen molar-refractivity contribution >= 4 is 11.9 Å². The molecule has 2 heterocycles. The summed E-state index contributed by atoms with van der Waals surface area (Å²) in [5.41, 5.74) is -2.15. The maximum absolute atomic E-state index is 12.6. The summed E-state index contributed by atoms with van der Waals surface area (Å²) in [5.74, 6) is 0.0282. The summed E-state index contributed by atoms with van der Waals surface area (Å²) < 4.78 is 5.28. The highest BCUT2D eigenvalue weighted by molar-refractivity contribution is 6.06. The summed E-state index contributed by atoms with van der Waals surface area (Å²) >= 11 is 0. The topological polar surface area (TPSA) is 82.8 Å². The smallest absolute Gasteiger partial charge is 0.325 e. The summed E-state index contributed by atoms with van der Waals surface area (Å²) in [7, 11) is 0. The van der Waals surface area contributed by atoms with Crippen LogP contribution in [0.1, 0.15) is 44.8 Å². The lowest BCUT2D eigenvalue weighted by atomic mass is 9.84. The number of β-amino-alcohol motifs (C(OH)–C–C–N with tert-alkyl or cyclic N) is 1. The molecule has 2 N–H and O–H groups in total. The number of hydrogen-bond acceptors (Lipinski definition) is 4. The van der Waals surface area contributed by atoms with Gasteiger partial charge in [-0.2, -0.15) is 0 Å². The lowest BCUT2D eigenvalue weighted by Gasteiger charge is -2.34. The Morgan fingerprint density at radius 3 is 2.67 bits per heavy atom. The Balaban J connectivity index is 1.81. The monoisotopic (exact) mass is 292 g/mol. The van der Waals surface area contributed by atoms with Crippen LogP contribution in [0.5, 0.6) is 0 Å². The summed E-state index contributed by atoms with van der Waals surface area (Å²) in [6, 6.07) is 2.87. The lowest BCUT2D eigenvalue weighted by molar-refractivity contribution is -0.134. The highest BCUT2D eigenvalue weighted by Crippen LogP contribution is 2.33. The van der Waals surface area contributed by atoms with Crippen molar-refractivity contribution in [1.29, 1.82) is 0 Å². The number of nitrogens with zero attached hydrogens (tertiary/aromatic N) is 1. The Morgan fingerprint density at radius 1 is 1.33 bits per heavy atom. The molecular weight excluding hydrogens is 272 g/mol.